The topological polar surface area (TPSA) is 70.1 Å². The quantitative estimate of drug-likeness (QED) is 0.347. The third-order valence-corrected chi connectivity index (χ3v) is 5.69. The van der Waals surface area contributed by atoms with Crippen molar-refractivity contribution in [2.75, 3.05) is 25.0 Å². The first-order chi connectivity index (χ1) is 15.1. The second-order valence-electron chi connectivity index (χ2n) is 7.70. The number of carbonyl (C=O) groups is 1. The standard InChI is InChI=1S/C24H30N4O2S/c1-27(19-11-4-2-5-12-19)17-10-16-25-22(29)15-6-3-9-18-28-23(30)20-13-7-8-14-21(20)26-24(28)31/h2,4-5,7-8,11-14H,3,6,9-10,15-18H2,1H3,(H,25,29)(H,26,31). The number of unbranched alkanes of at least 4 members (excludes halogenated alkanes) is 2. The van der Waals surface area contributed by atoms with Gasteiger partial charge in [0.25, 0.3) is 5.56 Å². The zero-order chi connectivity index (χ0) is 22.1. The number of benzene rings is 2. The van der Waals surface area contributed by atoms with E-state index in [9.17, 15) is 9.59 Å². The zero-order valence-electron chi connectivity index (χ0n) is 18.0. The zero-order valence-corrected chi connectivity index (χ0v) is 18.8. The number of rotatable bonds is 11. The Balaban J connectivity index is 1.32. The van der Waals surface area contributed by atoms with E-state index in [-0.39, 0.29) is 11.5 Å². The summed E-state index contributed by atoms with van der Waals surface area (Å²) in [5, 5.41) is 3.64. The van der Waals surface area contributed by atoms with Crippen LogP contribution in [0.1, 0.15) is 32.1 Å². The van der Waals surface area contributed by atoms with Gasteiger partial charge in [-0.25, -0.2) is 0 Å². The number of para-hydroxylation sites is 2. The number of nitrogens with one attached hydrogen (secondary N) is 2. The van der Waals surface area contributed by atoms with Gasteiger partial charge in [-0.15, -0.1) is 0 Å². The fraction of sp³-hybridized carbons (Fsp3) is 0.375. The van der Waals surface area contributed by atoms with E-state index in [1.807, 2.05) is 36.4 Å². The molecule has 31 heavy (non-hydrogen) atoms. The second-order valence-corrected chi connectivity index (χ2v) is 8.09. The molecule has 0 saturated heterocycles. The molecule has 0 radical (unpaired) electrons. The molecular weight excluding hydrogens is 408 g/mol. The van der Waals surface area contributed by atoms with Gasteiger partial charge in [-0.2, -0.15) is 0 Å². The SMILES string of the molecule is CN(CCCNC(=O)CCCCCn1c(=S)[nH]c2ccccc2c1=O)c1ccccc1. The molecule has 1 amide bonds. The number of aromatic nitrogens is 2. The van der Waals surface area contributed by atoms with Crippen LogP contribution in [0.5, 0.6) is 0 Å². The molecule has 0 spiro atoms. The van der Waals surface area contributed by atoms with Crippen LogP contribution >= 0.6 is 12.2 Å². The first-order valence-electron chi connectivity index (χ1n) is 10.8. The molecule has 0 aliphatic carbocycles. The van der Waals surface area contributed by atoms with E-state index < -0.39 is 0 Å². The lowest BCUT2D eigenvalue weighted by molar-refractivity contribution is -0.121. The number of hydrogen-bond acceptors (Lipinski definition) is 4. The molecule has 6 nitrogen and oxygen atoms in total. The summed E-state index contributed by atoms with van der Waals surface area (Å²) in [6.45, 7) is 2.13. The molecule has 0 unspecified atom stereocenters. The van der Waals surface area contributed by atoms with Crippen molar-refractivity contribution in [2.24, 2.45) is 0 Å². The molecule has 164 valence electrons. The number of H-pyrrole nitrogens is 1. The second kappa shape index (κ2) is 11.5. The highest BCUT2D eigenvalue weighted by atomic mass is 32.1. The van der Waals surface area contributed by atoms with Gasteiger partial charge in [0.05, 0.1) is 10.9 Å². The van der Waals surface area contributed by atoms with Crippen molar-refractivity contribution < 1.29 is 4.79 Å². The molecule has 0 fully saturated rings. The minimum absolute atomic E-state index is 0.0578. The first-order valence-corrected chi connectivity index (χ1v) is 11.2. The summed E-state index contributed by atoms with van der Waals surface area (Å²) < 4.78 is 2.06. The van der Waals surface area contributed by atoms with E-state index in [1.165, 1.54) is 5.69 Å². The van der Waals surface area contributed by atoms with Crippen molar-refractivity contribution in [3.63, 3.8) is 0 Å². The van der Waals surface area contributed by atoms with Crippen LogP contribution in [0, 0.1) is 4.77 Å². The lowest BCUT2D eigenvalue weighted by Gasteiger charge is -2.19. The highest BCUT2D eigenvalue weighted by molar-refractivity contribution is 7.71. The smallest absolute Gasteiger partial charge is 0.262 e. The van der Waals surface area contributed by atoms with Crippen molar-refractivity contribution in [3.8, 4) is 0 Å². The van der Waals surface area contributed by atoms with Gasteiger partial charge in [-0.3, -0.25) is 14.2 Å². The predicted octanol–water partition coefficient (Wildman–Crippen LogP) is 4.26. The van der Waals surface area contributed by atoms with Crippen molar-refractivity contribution in [1.29, 1.82) is 0 Å². The van der Waals surface area contributed by atoms with E-state index in [0.717, 1.165) is 37.7 Å². The van der Waals surface area contributed by atoms with E-state index in [0.29, 0.717) is 29.7 Å². The van der Waals surface area contributed by atoms with Gasteiger partial charge >= 0.3 is 0 Å². The molecule has 1 heterocycles. The summed E-state index contributed by atoms with van der Waals surface area (Å²) in [6, 6.07) is 17.6. The number of carbonyl (C=O) groups excluding carboxylic acids is 1. The van der Waals surface area contributed by atoms with Gasteiger partial charge in [0.15, 0.2) is 4.77 Å². The maximum atomic E-state index is 12.6. The van der Waals surface area contributed by atoms with Crippen LogP contribution in [0.2, 0.25) is 0 Å². The average molecular weight is 439 g/mol. The van der Waals surface area contributed by atoms with E-state index in [1.54, 1.807) is 10.6 Å². The van der Waals surface area contributed by atoms with Gasteiger partial charge in [0.1, 0.15) is 0 Å². The van der Waals surface area contributed by atoms with Crippen molar-refractivity contribution >= 4 is 34.7 Å². The Kier molecular flexibility index (Phi) is 8.41. The van der Waals surface area contributed by atoms with Crippen LogP contribution in [0.3, 0.4) is 0 Å². The van der Waals surface area contributed by atoms with Gasteiger partial charge in [-0.05, 0) is 55.7 Å². The highest BCUT2D eigenvalue weighted by Crippen LogP contribution is 2.11. The Labute approximate surface area is 187 Å². The van der Waals surface area contributed by atoms with Crippen LogP contribution in [0.25, 0.3) is 10.9 Å². The minimum Gasteiger partial charge on any atom is -0.375 e. The van der Waals surface area contributed by atoms with Gasteiger partial charge in [0, 0.05) is 38.8 Å². The van der Waals surface area contributed by atoms with Gasteiger partial charge in [-0.1, -0.05) is 36.8 Å². The maximum absolute atomic E-state index is 12.6. The third-order valence-electron chi connectivity index (χ3n) is 5.36. The normalized spacial score (nSPS) is 10.9. The van der Waals surface area contributed by atoms with E-state index in [4.69, 9.17) is 12.2 Å². The molecule has 3 rings (SSSR count). The van der Waals surface area contributed by atoms with Crippen LogP contribution in [-0.4, -0.2) is 35.6 Å². The number of amides is 1. The summed E-state index contributed by atoms with van der Waals surface area (Å²) >= 11 is 5.34. The molecule has 0 atom stereocenters. The summed E-state index contributed by atoms with van der Waals surface area (Å²) in [4.78, 5) is 30.0. The number of nitrogens with zero attached hydrogens (tertiary/aromatic N) is 2. The largest absolute Gasteiger partial charge is 0.375 e. The number of anilines is 1. The van der Waals surface area contributed by atoms with Crippen LogP contribution in [-0.2, 0) is 11.3 Å². The van der Waals surface area contributed by atoms with Crippen LogP contribution in [0.4, 0.5) is 5.69 Å². The Morgan fingerprint density at radius 3 is 2.58 bits per heavy atom. The summed E-state index contributed by atoms with van der Waals surface area (Å²) in [5.74, 6) is 0.0857. The molecule has 0 saturated carbocycles. The summed E-state index contributed by atoms with van der Waals surface area (Å²) in [6.07, 6.45) is 3.89. The summed E-state index contributed by atoms with van der Waals surface area (Å²) in [5.41, 5.74) is 1.89. The minimum atomic E-state index is -0.0578. The lowest BCUT2D eigenvalue weighted by Crippen LogP contribution is -2.28. The van der Waals surface area contributed by atoms with E-state index >= 15 is 0 Å². The molecule has 1 aromatic heterocycles. The molecule has 0 aliphatic heterocycles. The lowest BCUT2D eigenvalue weighted by atomic mass is 10.2. The Hall–Kier alpha value is -2.93. The number of fused-ring (bicyclic) bond motifs is 1. The molecule has 2 aromatic carbocycles. The monoisotopic (exact) mass is 438 g/mol. The first kappa shape index (κ1) is 22.7. The Morgan fingerprint density at radius 1 is 1.03 bits per heavy atom. The fourth-order valence-electron chi connectivity index (χ4n) is 3.58. The highest BCUT2D eigenvalue weighted by Gasteiger charge is 2.06. The third kappa shape index (κ3) is 6.52. The average Bonchev–Trinajstić information content (AvgIpc) is 2.79. The van der Waals surface area contributed by atoms with Crippen molar-refractivity contribution in [1.82, 2.24) is 14.9 Å². The van der Waals surface area contributed by atoms with Gasteiger partial charge in [0.2, 0.25) is 5.91 Å². The molecule has 0 bridgehead atoms. The molecule has 0 aliphatic rings. The van der Waals surface area contributed by atoms with Crippen molar-refractivity contribution in [3.05, 3.63) is 69.7 Å². The molecule has 2 N–H and O–H groups in total. The van der Waals surface area contributed by atoms with Crippen LogP contribution in [0.15, 0.2) is 59.4 Å². The van der Waals surface area contributed by atoms with Crippen LogP contribution < -0.4 is 15.8 Å². The predicted molar refractivity (Wildman–Crippen MR) is 129 cm³/mol. The maximum Gasteiger partial charge on any atom is 0.262 e. The molecule has 7 heteroatoms. The Bertz CT molecular complexity index is 1110. The fourth-order valence-corrected chi connectivity index (χ4v) is 3.86. The Morgan fingerprint density at radius 2 is 1.77 bits per heavy atom. The number of aromatic amines is 1. The van der Waals surface area contributed by atoms with Gasteiger partial charge < -0.3 is 15.2 Å². The number of hydrogen-bond donors (Lipinski definition) is 2. The summed E-state index contributed by atoms with van der Waals surface area (Å²) in [7, 11) is 2.06. The molecular formula is C24H30N4O2S. The molecule has 3 aromatic rings. The van der Waals surface area contributed by atoms with Crippen molar-refractivity contribution in [2.45, 2.75) is 38.6 Å². The van der Waals surface area contributed by atoms with E-state index in [2.05, 4.69) is 34.4 Å².